The average Bonchev–Trinajstić information content (AvgIpc) is 2.33. The fourth-order valence-electron chi connectivity index (χ4n) is 0.780. The zero-order valence-electron chi connectivity index (χ0n) is 5.28. The van der Waals surface area contributed by atoms with Gasteiger partial charge < -0.3 is 0 Å². The average molecular weight is 215 g/mol. The van der Waals surface area contributed by atoms with Crippen LogP contribution >= 0.6 is 15.9 Å². The van der Waals surface area contributed by atoms with E-state index in [1.165, 1.54) is 4.40 Å². The molecule has 2 aromatic rings. The molecule has 0 aromatic carbocycles. The quantitative estimate of drug-likeness (QED) is 0.681. The van der Waals surface area contributed by atoms with Crippen LogP contribution in [0, 0.1) is 0 Å². The Morgan fingerprint density at radius 1 is 1.64 bits per heavy atom. The number of hydrogen-bond donors (Lipinski definition) is 1. The standard InChI is InChI=1S/C5H3BrN4O/c6-3-1-7-4-8-9-5(11)10(4)2-3/h1-2H,(H,9,11). The molecule has 0 aliphatic rings. The highest BCUT2D eigenvalue weighted by atomic mass is 79.9. The normalized spacial score (nSPS) is 10.6. The van der Waals surface area contributed by atoms with Crippen LogP contribution in [0.1, 0.15) is 0 Å². The maximum Gasteiger partial charge on any atom is 0.349 e. The van der Waals surface area contributed by atoms with Crippen LogP contribution in [0.5, 0.6) is 0 Å². The predicted molar refractivity (Wildman–Crippen MR) is 41.3 cm³/mol. The lowest BCUT2D eigenvalue weighted by Crippen LogP contribution is -2.08. The van der Waals surface area contributed by atoms with Gasteiger partial charge in [0.2, 0.25) is 0 Å². The van der Waals surface area contributed by atoms with Gasteiger partial charge in [-0.2, -0.15) is 0 Å². The van der Waals surface area contributed by atoms with Crippen LogP contribution in [0.25, 0.3) is 5.78 Å². The first-order valence-electron chi connectivity index (χ1n) is 2.85. The topological polar surface area (TPSA) is 63.0 Å². The number of aromatic amines is 1. The predicted octanol–water partition coefficient (Wildman–Crippen LogP) is 0.180. The van der Waals surface area contributed by atoms with Crippen molar-refractivity contribution in [3.63, 3.8) is 0 Å². The zero-order valence-corrected chi connectivity index (χ0v) is 6.87. The van der Waals surface area contributed by atoms with Crippen molar-refractivity contribution >= 4 is 21.7 Å². The highest BCUT2D eigenvalue weighted by molar-refractivity contribution is 9.10. The van der Waals surface area contributed by atoms with Gasteiger partial charge in [0.1, 0.15) is 0 Å². The van der Waals surface area contributed by atoms with Gasteiger partial charge in [0.05, 0.1) is 4.47 Å². The second-order valence-corrected chi connectivity index (χ2v) is 2.89. The Labute approximate surface area is 69.2 Å². The molecule has 1 N–H and O–H groups in total. The molecule has 0 radical (unpaired) electrons. The minimum atomic E-state index is -0.284. The number of H-pyrrole nitrogens is 1. The van der Waals surface area contributed by atoms with Gasteiger partial charge in [-0.1, -0.05) is 0 Å². The summed E-state index contributed by atoms with van der Waals surface area (Å²) in [5.41, 5.74) is -0.284. The van der Waals surface area contributed by atoms with Gasteiger partial charge in [-0.25, -0.2) is 19.3 Å². The molecular weight excluding hydrogens is 212 g/mol. The summed E-state index contributed by atoms with van der Waals surface area (Å²) in [5.74, 6) is 0.373. The molecular formula is C5H3BrN4O. The zero-order chi connectivity index (χ0) is 7.84. The van der Waals surface area contributed by atoms with Crippen molar-refractivity contribution in [1.82, 2.24) is 19.6 Å². The van der Waals surface area contributed by atoms with Crippen LogP contribution in [0.4, 0.5) is 0 Å². The molecule has 2 rings (SSSR count). The number of nitrogens with zero attached hydrogens (tertiary/aromatic N) is 3. The largest absolute Gasteiger partial charge is 0.349 e. The first kappa shape index (κ1) is 6.53. The SMILES string of the molecule is O=c1[nH]nc2ncc(Br)cn12. The van der Waals surface area contributed by atoms with Crippen LogP contribution in [0.2, 0.25) is 0 Å². The molecule has 6 heteroatoms. The highest BCUT2D eigenvalue weighted by Crippen LogP contribution is 2.04. The molecule has 0 aliphatic heterocycles. The molecule has 2 heterocycles. The summed E-state index contributed by atoms with van der Waals surface area (Å²) < 4.78 is 2.07. The minimum absolute atomic E-state index is 0.284. The molecule has 0 atom stereocenters. The van der Waals surface area contributed by atoms with Crippen molar-refractivity contribution in [2.45, 2.75) is 0 Å². The van der Waals surface area contributed by atoms with Gasteiger partial charge in [-0.05, 0) is 15.9 Å². The van der Waals surface area contributed by atoms with Crippen molar-refractivity contribution in [3.8, 4) is 0 Å². The summed E-state index contributed by atoms with van der Waals surface area (Å²) in [7, 11) is 0. The maximum absolute atomic E-state index is 10.9. The number of nitrogens with one attached hydrogen (secondary N) is 1. The van der Waals surface area contributed by atoms with Crippen LogP contribution in [0.3, 0.4) is 0 Å². The summed E-state index contributed by atoms with van der Waals surface area (Å²) in [6.45, 7) is 0. The van der Waals surface area contributed by atoms with Crippen molar-refractivity contribution < 1.29 is 0 Å². The Balaban J connectivity index is 2.99. The summed E-state index contributed by atoms with van der Waals surface area (Å²) in [5, 5.41) is 5.93. The van der Waals surface area contributed by atoms with Crippen molar-refractivity contribution in [3.05, 3.63) is 27.4 Å². The third-order valence-corrected chi connectivity index (χ3v) is 1.65. The van der Waals surface area contributed by atoms with E-state index < -0.39 is 0 Å². The minimum Gasteiger partial charge on any atom is -0.246 e. The van der Waals surface area contributed by atoms with Crippen LogP contribution < -0.4 is 5.69 Å². The highest BCUT2D eigenvalue weighted by Gasteiger charge is 1.98. The number of halogens is 1. The van der Waals surface area contributed by atoms with E-state index in [9.17, 15) is 4.79 Å². The molecule has 0 bridgehead atoms. The van der Waals surface area contributed by atoms with Crippen molar-refractivity contribution in [2.24, 2.45) is 0 Å². The summed E-state index contributed by atoms with van der Waals surface area (Å²) in [4.78, 5) is 14.8. The number of rotatable bonds is 0. The lowest BCUT2D eigenvalue weighted by molar-refractivity contribution is 1.02. The Hall–Kier alpha value is -1.17. The lowest BCUT2D eigenvalue weighted by Gasteiger charge is -1.88. The number of fused-ring (bicyclic) bond motifs is 1. The maximum atomic E-state index is 10.9. The van der Waals surface area contributed by atoms with Crippen LogP contribution in [0.15, 0.2) is 21.7 Å². The van der Waals surface area contributed by atoms with Gasteiger partial charge in [-0.15, -0.1) is 5.10 Å². The Morgan fingerprint density at radius 2 is 2.45 bits per heavy atom. The molecule has 0 saturated carbocycles. The van der Waals surface area contributed by atoms with Crippen LogP contribution in [-0.2, 0) is 0 Å². The smallest absolute Gasteiger partial charge is 0.246 e. The Bertz CT molecular complexity index is 445. The second kappa shape index (κ2) is 2.16. The van der Waals surface area contributed by atoms with Gasteiger partial charge in [-0.3, -0.25) is 0 Å². The van der Waals surface area contributed by atoms with Gasteiger partial charge in [0, 0.05) is 12.4 Å². The molecule has 0 unspecified atom stereocenters. The molecule has 56 valence electrons. The molecule has 0 saturated heterocycles. The van der Waals surface area contributed by atoms with E-state index in [2.05, 4.69) is 31.1 Å². The van der Waals surface area contributed by atoms with Crippen LogP contribution in [-0.4, -0.2) is 19.6 Å². The molecule has 0 fully saturated rings. The molecule has 11 heavy (non-hydrogen) atoms. The lowest BCUT2D eigenvalue weighted by atomic mass is 10.7. The van der Waals surface area contributed by atoms with Gasteiger partial charge >= 0.3 is 5.69 Å². The first-order valence-corrected chi connectivity index (χ1v) is 3.65. The second-order valence-electron chi connectivity index (χ2n) is 1.97. The van der Waals surface area contributed by atoms with Crippen molar-refractivity contribution in [2.75, 3.05) is 0 Å². The third kappa shape index (κ3) is 0.949. The molecule has 0 amide bonds. The first-order chi connectivity index (χ1) is 5.27. The monoisotopic (exact) mass is 214 g/mol. The molecule has 0 aliphatic carbocycles. The van der Waals surface area contributed by atoms with Gasteiger partial charge in [0.15, 0.2) is 0 Å². The molecule has 5 nitrogen and oxygen atoms in total. The van der Waals surface area contributed by atoms with E-state index in [-0.39, 0.29) is 5.69 Å². The van der Waals surface area contributed by atoms with E-state index >= 15 is 0 Å². The number of aromatic nitrogens is 4. The fraction of sp³-hybridized carbons (Fsp3) is 0. The summed E-state index contributed by atoms with van der Waals surface area (Å²) in [6.07, 6.45) is 3.18. The molecule has 2 aromatic heterocycles. The van der Waals surface area contributed by atoms with Gasteiger partial charge in [0.25, 0.3) is 5.78 Å². The van der Waals surface area contributed by atoms with E-state index in [4.69, 9.17) is 0 Å². The summed E-state index contributed by atoms with van der Waals surface area (Å²) >= 11 is 3.19. The summed E-state index contributed by atoms with van der Waals surface area (Å²) in [6, 6.07) is 0. The Morgan fingerprint density at radius 3 is 3.27 bits per heavy atom. The van der Waals surface area contributed by atoms with E-state index in [1.807, 2.05) is 0 Å². The number of hydrogen-bond acceptors (Lipinski definition) is 3. The van der Waals surface area contributed by atoms with E-state index in [0.29, 0.717) is 5.78 Å². The van der Waals surface area contributed by atoms with Crippen molar-refractivity contribution in [1.29, 1.82) is 0 Å². The van der Waals surface area contributed by atoms with E-state index in [0.717, 1.165) is 4.47 Å². The third-order valence-electron chi connectivity index (χ3n) is 1.24. The Kier molecular flexibility index (Phi) is 1.28. The van der Waals surface area contributed by atoms with E-state index in [1.54, 1.807) is 12.4 Å². The fourth-order valence-corrected chi connectivity index (χ4v) is 1.09. The molecule has 0 spiro atoms.